The van der Waals surface area contributed by atoms with Crippen LogP contribution < -0.4 is 10.5 Å². The van der Waals surface area contributed by atoms with E-state index < -0.39 is 15.8 Å². The summed E-state index contributed by atoms with van der Waals surface area (Å²) in [4.78, 5) is 2.23. The van der Waals surface area contributed by atoms with E-state index in [9.17, 15) is 12.8 Å². The third-order valence-electron chi connectivity index (χ3n) is 3.60. The highest BCUT2D eigenvalue weighted by molar-refractivity contribution is 7.89. The molecule has 0 spiro atoms. The van der Waals surface area contributed by atoms with Crippen molar-refractivity contribution in [2.75, 3.05) is 26.7 Å². The van der Waals surface area contributed by atoms with Gasteiger partial charge >= 0.3 is 0 Å². The summed E-state index contributed by atoms with van der Waals surface area (Å²) in [5.41, 5.74) is 5.59. The van der Waals surface area contributed by atoms with E-state index in [0.29, 0.717) is 12.5 Å². The number of nitrogens with zero attached hydrogens (tertiary/aromatic N) is 1. The molecule has 7 heteroatoms. The van der Waals surface area contributed by atoms with Crippen molar-refractivity contribution in [1.29, 1.82) is 0 Å². The molecule has 1 fully saturated rings. The summed E-state index contributed by atoms with van der Waals surface area (Å²) in [6.07, 6.45) is 0.983. The molecule has 0 saturated carbocycles. The molecule has 0 aliphatic carbocycles. The van der Waals surface area contributed by atoms with E-state index in [1.54, 1.807) is 0 Å². The minimum absolute atomic E-state index is 0.0252. The van der Waals surface area contributed by atoms with Crippen molar-refractivity contribution >= 4 is 10.0 Å². The summed E-state index contributed by atoms with van der Waals surface area (Å²) >= 11 is 0. The van der Waals surface area contributed by atoms with Gasteiger partial charge in [0.1, 0.15) is 5.82 Å². The van der Waals surface area contributed by atoms with Crippen molar-refractivity contribution < 1.29 is 12.8 Å². The maximum atomic E-state index is 13.3. The van der Waals surface area contributed by atoms with E-state index >= 15 is 0 Å². The van der Waals surface area contributed by atoms with Gasteiger partial charge in [0, 0.05) is 25.2 Å². The summed E-state index contributed by atoms with van der Waals surface area (Å²) in [5, 5.41) is 0. The second kappa shape index (κ2) is 6.17. The molecule has 0 aromatic heterocycles. The average Bonchev–Trinajstić information content (AvgIpc) is 2.83. The van der Waals surface area contributed by atoms with E-state index in [0.717, 1.165) is 25.6 Å². The van der Waals surface area contributed by atoms with Crippen LogP contribution in [-0.4, -0.2) is 40.0 Å². The molecule has 0 bridgehead atoms. The van der Waals surface area contributed by atoms with Crippen molar-refractivity contribution in [2.24, 2.45) is 11.7 Å². The number of hydrogen-bond donors (Lipinski definition) is 2. The van der Waals surface area contributed by atoms with Crippen LogP contribution in [0.5, 0.6) is 0 Å². The van der Waals surface area contributed by atoms with Gasteiger partial charge in [-0.3, -0.25) is 0 Å². The number of likely N-dealkylation sites (tertiary alicyclic amines) is 1. The predicted octanol–water partition coefficient (Wildman–Crippen LogP) is 0.514. The Morgan fingerprint density at radius 1 is 1.50 bits per heavy atom. The van der Waals surface area contributed by atoms with Crippen LogP contribution in [0.2, 0.25) is 0 Å². The van der Waals surface area contributed by atoms with E-state index in [-0.39, 0.29) is 17.0 Å². The highest BCUT2D eigenvalue weighted by Crippen LogP contribution is 2.17. The second-order valence-corrected chi connectivity index (χ2v) is 6.99. The second-order valence-electron chi connectivity index (χ2n) is 5.23. The summed E-state index contributed by atoms with van der Waals surface area (Å²) in [6, 6.07) is 3.69. The molecule has 1 aromatic rings. The van der Waals surface area contributed by atoms with Crippen LogP contribution >= 0.6 is 0 Å². The molecule has 0 amide bonds. The van der Waals surface area contributed by atoms with Crippen LogP contribution in [0.3, 0.4) is 0 Å². The molecule has 1 atom stereocenters. The fraction of sp³-hybridized carbons (Fsp3) is 0.538. The molecule has 0 radical (unpaired) electrons. The first-order chi connectivity index (χ1) is 9.42. The monoisotopic (exact) mass is 301 g/mol. The Balaban J connectivity index is 2.06. The molecule has 5 nitrogen and oxygen atoms in total. The molecule has 1 aromatic carbocycles. The van der Waals surface area contributed by atoms with E-state index in [1.165, 1.54) is 12.1 Å². The number of halogens is 1. The number of nitrogens with one attached hydrogen (secondary N) is 1. The summed E-state index contributed by atoms with van der Waals surface area (Å²) in [5.74, 6) is -0.159. The number of hydrogen-bond acceptors (Lipinski definition) is 4. The van der Waals surface area contributed by atoms with Crippen molar-refractivity contribution in [1.82, 2.24) is 9.62 Å². The van der Waals surface area contributed by atoms with Gasteiger partial charge in [0.05, 0.1) is 4.90 Å². The van der Waals surface area contributed by atoms with Gasteiger partial charge in [-0.25, -0.2) is 17.5 Å². The number of benzene rings is 1. The number of nitrogens with two attached hydrogens (primary N) is 1. The Hall–Kier alpha value is -1.02. The fourth-order valence-electron chi connectivity index (χ4n) is 2.38. The van der Waals surface area contributed by atoms with E-state index in [4.69, 9.17) is 5.73 Å². The normalized spacial score (nSPS) is 20.4. The van der Waals surface area contributed by atoms with Crippen LogP contribution in [-0.2, 0) is 16.6 Å². The van der Waals surface area contributed by atoms with Gasteiger partial charge in [-0.1, -0.05) is 0 Å². The Morgan fingerprint density at radius 3 is 2.85 bits per heavy atom. The van der Waals surface area contributed by atoms with Crippen molar-refractivity contribution in [3.63, 3.8) is 0 Å². The minimum atomic E-state index is -3.61. The lowest BCUT2D eigenvalue weighted by Crippen LogP contribution is -2.30. The lowest BCUT2D eigenvalue weighted by molar-refractivity contribution is 0.394. The van der Waals surface area contributed by atoms with Crippen LogP contribution in [0.4, 0.5) is 4.39 Å². The fourth-order valence-corrected chi connectivity index (χ4v) is 3.54. The number of rotatable bonds is 5. The molecule has 1 unspecified atom stereocenters. The highest BCUT2D eigenvalue weighted by Gasteiger charge is 2.22. The average molecular weight is 301 g/mol. The molecule has 3 N–H and O–H groups in total. The molecular weight excluding hydrogens is 281 g/mol. The van der Waals surface area contributed by atoms with Gasteiger partial charge in [0.15, 0.2) is 0 Å². The van der Waals surface area contributed by atoms with Gasteiger partial charge < -0.3 is 10.6 Å². The quantitative estimate of drug-likeness (QED) is 0.831. The third kappa shape index (κ3) is 3.54. The summed E-state index contributed by atoms with van der Waals surface area (Å²) in [6.45, 7) is 2.25. The Bertz CT molecular complexity index is 577. The van der Waals surface area contributed by atoms with Crippen LogP contribution in [0, 0.1) is 11.7 Å². The molecule has 20 heavy (non-hydrogen) atoms. The Labute approximate surface area is 119 Å². The lowest BCUT2D eigenvalue weighted by Gasteiger charge is -2.13. The first-order valence-corrected chi connectivity index (χ1v) is 8.07. The molecule has 2 rings (SSSR count). The maximum Gasteiger partial charge on any atom is 0.240 e. The van der Waals surface area contributed by atoms with Crippen molar-refractivity contribution in [3.8, 4) is 0 Å². The Kier molecular flexibility index (Phi) is 4.74. The lowest BCUT2D eigenvalue weighted by atomic mass is 10.1. The van der Waals surface area contributed by atoms with Crippen LogP contribution in [0.15, 0.2) is 23.1 Å². The summed E-state index contributed by atoms with van der Waals surface area (Å²) in [7, 11) is -1.59. The first kappa shape index (κ1) is 15.4. The predicted molar refractivity (Wildman–Crippen MR) is 75.1 cm³/mol. The SMILES string of the molecule is CN1CCC(CNS(=O)(=O)c2ccc(F)c(CN)c2)C1. The first-order valence-electron chi connectivity index (χ1n) is 6.59. The topological polar surface area (TPSA) is 75.4 Å². The van der Waals surface area contributed by atoms with Gasteiger partial charge in [-0.2, -0.15) is 0 Å². The minimum Gasteiger partial charge on any atom is -0.326 e. The molecular formula is C13H20FN3O2S. The van der Waals surface area contributed by atoms with Gasteiger partial charge in [0.25, 0.3) is 0 Å². The largest absolute Gasteiger partial charge is 0.326 e. The maximum absolute atomic E-state index is 13.3. The van der Waals surface area contributed by atoms with Crippen LogP contribution in [0.25, 0.3) is 0 Å². The highest BCUT2D eigenvalue weighted by atomic mass is 32.2. The van der Waals surface area contributed by atoms with E-state index in [1.807, 2.05) is 7.05 Å². The molecule has 1 saturated heterocycles. The zero-order valence-electron chi connectivity index (χ0n) is 11.5. The van der Waals surface area contributed by atoms with Gasteiger partial charge in [-0.15, -0.1) is 0 Å². The standard InChI is InChI=1S/C13H20FN3O2S/c1-17-5-4-10(9-17)8-16-20(18,19)12-2-3-13(14)11(6-12)7-15/h2-3,6,10,16H,4-5,7-9,15H2,1H3. The van der Waals surface area contributed by atoms with E-state index in [2.05, 4.69) is 9.62 Å². The smallest absolute Gasteiger partial charge is 0.240 e. The molecule has 1 heterocycles. The zero-order chi connectivity index (χ0) is 14.8. The van der Waals surface area contributed by atoms with Crippen molar-refractivity contribution in [2.45, 2.75) is 17.9 Å². The van der Waals surface area contributed by atoms with Gasteiger partial charge in [0.2, 0.25) is 10.0 Å². The third-order valence-corrected chi connectivity index (χ3v) is 5.02. The molecule has 112 valence electrons. The van der Waals surface area contributed by atoms with Crippen molar-refractivity contribution in [3.05, 3.63) is 29.6 Å². The van der Waals surface area contributed by atoms with Gasteiger partial charge in [-0.05, 0) is 44.1 Å². The zero-order valence-corrected chi connectivity index (χ0v) is 12.3. The molecule has 1 aliphatic rings. The molecule has 1 aliphatic heterocycles. The summed E-state index contributed by atoms with van der Waals surface area (Å²) < 4.78 is 40.2. The number of sulfonamides is 1. The Morgan fingerprint density at radius 2 is 2.25 bits per heavy atom. The van der Waals surface area contributed by atoms with Crippen LogP contribution in [0.1, 0.15) is 12.0 Å².